The van der Waals surface area contributed by atoms with Crippen molar-refractivity contribution in [1.29, 1.82) is 0 Å². The van der Waals surface area contributed by atoms with Crippen LogP contribution in [0.25, 0.3) is 0 Å². The van der Waals surface area contributed by atoms with E-state index in [1.807, 2.05) is 0 Å². The van der Waals surface area contributed by atoms with Gasteiger partial charge in [0.05, 0.1) is 5.02 Å². The van der Waals surface area contributed by atoms with E-state index in [0.717, 1.165) is 11.1 Å². The molecule has 0 aliphatic carbocycles. The lowest BCUT2D eigenvalue weighted by atomic mass is 9.99. The molecule has 4 heteroatoms. The summed E-state index contributed by atoms with van der Waals surface area (Å²) in [6.07, 6.45) is 0.540. The first kappa shape index (κ1) is 14.0. The molecule has 0 radical (unpaired) electrons. The molecule has 0 aliphatic rings. The Labute approximate surface area is 116 Å². The summed E-state index contributed by atoms with van der Waals surface area (Å²) >= 11 is 5.94. The molecule has 1 atom stereocenters. The Morgan fingerprint density at radius 1 is 1.11 bits per heavy atom. The lowest BCUT2D eigenvalue weighted by molar-refractivity contribution is 0.580. The fourth-order valence-corrected chi connectivity index (χ4v) is 2.21. The average Bonchev–Trinajstić information content (AvgIpc) is 2.42. The third kappa shape index (κ3) is 3.31. The van der Waals surface area contributed by atoms with Crippen LogP contribution in [0.4, 0.5) is 8.78 Å². The van der Waals surface area contributed by atoms with E-state index in [9.17, 15) is 8.78 Å². The number of benzene rings is 2. The second-order valence-corrected chi connectivity index (χ2v) is 4.69. The van der Waals surface area contributed by atoms with Crippen molar-refractivity contribution < 1.29 is 8.78 Å². The zero-order valence-electron chi connectivity index (χ0n) is 10.5. The molecular weight excluding hydrogens is 268 g/mol. The average molecular weight is 282 g/mol. The van der Waals surface area contributed by atoms with Gasteiger partial charge < -0.3 is 5.32 Å². The Balaban J connectivity index is 2.24. The molecule has 0 spiro atoms. The van der Waals surface area contributed by atoms with E-state index in [4.69, 9.17) is 11.6 Å². The van der Waals surface area contributed by atoms with Gasteiger partial charge in [-0.15, -0.1) is 0 Å². The molecule has 1 nitrogen and oxygen atoms in total. The smallest absolute Gasteiger partial charge is 0.142 e. The molecule has 1 N–H and O–H groups in total. The summed E-state index contributed by atoms with van der Waals surface area (Å²) in [5.41, 5.74) is 1.66. The molecule has 0 heterocycles. The van der Waals surface area contributed by atoms with E-state index in [1.165, 1.54) is 18.2 Å². The van der Waals surface area contributed by atoms with Gasteiger partial charge in [-0.1, -0.05) is 35.9 Å². The van der Waals surface area contributed by atoms with Crippen molar-refractivity contribution in [1.82, 2.24) is 5.32 Å². The van der Waals surface area contributed by atoms with Crippen molar-refractivity contribution in [3.8, 4) is 0 Å². The summed E-state index contributed by atoms with van der Waals surface area (Å²) < 4.78 is 26.3. The van der Waals surface area contributed by atoms with Gasteiger partial charge in [0.1, 0.15) is 11.6 Å². The van der Waals surface area contributed by atoms with Gasteiger partial charge in [0, 0.05) is 6.04 Å². The molecule has 0 aliphatic heterocycles. The van der Waals surface area contributed by atoms with Crippen LogP contribution in [-0.2, 0) is 6.42 Å². The summed E-state index contributed by atoms with van der Waals surface area (Å²) in [4.78, 5) is 0. The minimum atomic E-state index is -0.423. The molecule has 0 saturated carbocycles. The van der Waals surface area contributed by atoms with Gasteiger partial charge in [-0.3, -0.25) is 0 Å². The largest absolute Gasteiger partial charge is 0.313 e. The second-order valence-electron chi connectivity index (χ2n) is 4.31. The third-order valence-corrected chi connectivity index (χ3v) is 3.50. The second kappa shape index (κ2) is 6.13. The highest BCUT2D eigenvalue weighted by Gasteiger charge is 2.13. The Morgan fingerprint density at radius 2 is 1.79 bits per heavy atom. The van der Waals surface area contributed by atoms with Gasteiger partial charge in [-0.25, -0.2) is 8.78 Å². The van der Waals surface area contributed by atoms with Gasteiger partial charge in [-0.05, 0) is 42.8 Å². The van der Waals surface area contributed by atoms with Crippen molar-refractivity contribution in [3.05, 3.63) is 70.2 Å². The predicted molar refractivity (Wildman–Crippen MR) is 73.3 cm³/mol. The van der Waals surface area contributed by atoms with E-state index in [0.29, 0.717) is 6.42 Å². The summed E-state index contributed by atoms with van der Waals surface area (Å²) in [5.74, 6) is -0.699. The van der Waals surface area contributed by atoms with Crippen LogP contribution >= 0.6 is 11.6 Å². The highest BCUT2D eigenvalue weighted by molar-refractivity contribution is 6.31. The maximum atomic E-state index is 13.4. The monoisotopic (exact) mass is 281 g/mol. The zero-order chi connectivity index (χ0) is 13.8. The predicted octanol–water partition coefficient (Wildman–Crippen LogP) is 4.12. The van der Waals surface area contributed by atoms with Crippen molar-refractivity contribution >= 4 is 11.6 Å². The van der Waals surface area contributed by atoms with E-state index in [1.54, 1.807) is 31.3 Å². The molecular formula is C15H14ClF2N. The zero-order valence-corrected chi connectivity index (χ0v) is 11.2. The third-order valence-electron chi connectivity index (χ3n) is 3.08. The quantitative estimate of drug-likeness (QED) is 0.889. The molecule has 0 saturated heterocycles. The standard InChI is InChI=1S/C15H14ClF2N/c1-19-14(10-5-7-12(17)8-6-10)9-11-3-2-4-13(18)15(11)16/h2-8,14,19H,9H2,1H3. The first-order valence-corrected chi connectivity index (χ1v) is 6.35. The fourth-order valence-electron chi connectivity index (χ4n) is 2.01. The minimum Gasteiger partial charge on any atom is -0.313 e. The number of likely N-dealkylation sites (N-methyl/N-ethyl adjacent to an activating group) is 1. The van der Waals surface area contributed by atoms with Gasteiger partial charge in [0.15, 0.2) is 0 Å². The maximum Gasteiger partial charge on any atom is 0.142 e. The number of rotatable bonds is 4. The van der Waals surface area contributed by atoms with Crippen LogP contribution in [0.15, 0.2) is 42.5 Å². The summed E-state index contributed by atoms with van der Waals surface area (Å²) in [6, 6.07) is 11.0. The highest BCUT2D eigenvalue weighted by Crippen LogP contribution is 2.25. The molecule has 2 rings (SSSR count). The molecule has 1 unspecified atom stereocenters. The lowest BCUT2D eigenvalue weighted by Crippen LogP contribution is -2.19. The van der Waals surface area contributed by atoms with Crippen LogP contribution in [0, 0.1) is 11.6 Å². The van der Waals surface area contributed by atoms with Crippen LogP contribution in [0.1, 0.15) is 17.2 Å². The number of hydrogen-bond acceptors (Lipinski definition) is 1. The van der Waals surface area contributed by atoms with Gasteiger partial charge in [0.25, 0.3) is 0 Å². The summed E-state index contributed by atoms with van der Waals surface area (Å²) in [5, 5.41) is 3.27. The van der Waals surface area contributed by atoms with Crippen LogP contribution in [-0.4, -0.2) is 7.05 Å². The van der Waals surface area contributed by atoms with Crippen molar-refractivity contribution in [2.75, 3.05) is 7.05 Å². The Hall–Kier alpha value is -1.45. The topological polar surface area (TPSA) is 12.0 Å². The lowest BCUT2D eigenvalue weighted by Gasteiger charge is -2.17. The van der Waals surface area contributed by atoms with Gasteiger partial charge in [-0.2, -0.15) is 0 Å². The number of halogens is 3. The molecule has 2 aromatic carbocycles. The summed E-state index contributed by atoms with van der Waals surface area (Å²) in [6.45, 7) is 0. The first-order valence-electron chi connectivity index (χ1n) is 5.97. The van der Waals surface area contributed by atoms with Crippen molar-refractivity contribution in [2.45, 2.75) is 12.5 Å². The number of nitrogens with one attached hydrogen (secondary N) is 1. The van der Waals surface area contributed by atoms with E-state index in [-0.39, 0.29) is 16.9 Å². The van der Waals surface area contributed by atoms with Gasteiger partial charge >= 0.3 is 0 Å². The first-order chi connectivity index (χ1) is 9.11. The SMILES string of the molecule is CNC(Cc1cccc(F)c1Cl)c1ccc(F)cc1. The normalized spacial score (nSPS) is 12.4. The Kier molecular flexibility index (Phi) is 4.51. The van der Waals surface area contributed by atoms with Gasteiger partial charge in [0.2, 0.25) is 0 Å². The Morgan fingerprint density at radius 3 is 2.42 bits per heavy atom. The molecule has 0 bridgehead atoms. The minimum absolute atomic E-state index is 0.0418. The molecule has 0 fully saturated rings. The van der Waals surface area contributed by atoms with Crippen LogP contribution in [0.3, 0.4) is 0 Å². The Bertz CT molecular complexity index is 555. The van der Waals surface area contributed by atoms with Crippen LogP contribution < -0.4 is 5.32 Å². The molecule has 100 valence electrons. The fraction of sp³-hybridized carbons (Fsp3) is 0.200. The van der Waals surface area contributed by atoms with Crippen LogP contribution in [0.2, 0.25) is 5.02 Å². The molecule has 0 aromatic heterocycles. The molecule has 0 amide bonds. The molecule has 2 aromatic rings. The van der Waals surface area contributed by atoms with E-state index in [2.05, 4.69) is 5.32 Å². The van der Waals surface area contributed by atoms with Crippen molar-refractivity contribution in [3.63, 3.8) is 0 Å². The van der Waals surface area contributed by atoms with Crippen molar-refractivity contribution in [2.24, 2.45) is 0 Å². The van der Waals surface area contributed by atoms with E-state index < -0.39 is 5.82 Å². The summed E-state index contributed by atoms with van der Waals surface area (Å²) in [7, 11) is 1.81. The number of hydrogen-bond donors (Lipinski definition) is 1. The van der Waals surface area contributed by atoms with E-state index >= 15 is 0 Å². The highest BCUT2D eigenvalue weighted by atomic mass is 35.5. The molecule has 19 heavy (non-hydrogen) atoms. The van der Waals surface area contributed by atoms with Crippen LogP contribution in [0.5, 0.6) is 0 Å². The maximum absolute atomic E-state index is 13.4.